The first-order valence-electron chi connectivity index (χ1n) is 6.45. The summed E-state index contributed by atoms with van der Waals surface area (Å²) in [5.41, 5.74) is 6.12. The van der Waals surface area contributed by atoms with Gasteiger partial charge < -0.3 is 10.5 Å². The lowest BCUT2D eigenvalue weighted by atomic mass is 9.90. The Balaban J connectivity index is 2.57. The van der Waals surface area contributed by atoms with Crippen LogP contribution in [-0.2, 0) is 0 Å². The van der Waals surface area contributed by atoms with Gasteiger partial charge in [-0.3, -0.25) is 0 Å². The average Bonchev–Trinajstić information content (AvgIpc) is 2.36. The highest BCUT2D eigenvalue weighted by Crippen LogP contribution is 2.26. The third kappa shape index (κ3) is 4.88. The number of nitrogens with zero attached hydrogens (tertiary/aromatic N) is 1. The van der Waals surface area contributed by atoms with Crippen molar-refractivity contribution in [1.82, 2.24) is 0 Å². The smallest absolute Gasteiger partial charge is 0.124 e. The zero-order valence-electron chi connectivity index (χ0n) is 11.7. The van der Waals surface area contributed by atoms with Gasteiger partial charge in [0.15, 0.2) is 0 Å². The summed E-state index contributed by atoms with van der Waals surface area (Å²) >= 11 is 0. The Morgan fingerprint density at radius 3 is 2.74 bits per heavy atom. The Hall–Kier alpha value is -1.60. The lowest BCUT2D eigenvalue weighted by Crippen LogP contribution is -2.12. The largest absolute Gasteiger partial charge is 0.493 e. The van der Waals surface area contributed by atoms with E-state index in [2.05, 4.69) is 6.07 Å². The Kier molecular flexibility index (Phi) is 5.31. The third-order valence-electron chi connectivity index (χ3n) is 2.97. The van der Waals surface area contributed by atoms with Crippen LogP contribution in [0.1, 0.15) is 45.2 Å². The van der Waals surface area contributed by atoms with Crippen molar-refractivity contribution in [3.63, 3.8) is 0 Å². The van der Waals surface area contributed by atoms with Gasteiger partial charge in [0.2, 0.25) is 0 Å². The molecule has 3 nitrogen and oxygen atoms in total. The molecule has 19 heavy (non-hydrogen) atoms. The summed E-state index contributed by atoms with van der Waals surface area (Å²) in [4.78, 5) is 0. The topological polar surface area (TPSA) is 59.0 Å². The monoisotopic (exact) mass is 264 g/mol. The first-order chi connectivity index (χ1) is 8.85. The normalized spacial score (nSPS) is 12.8. The SMILES string of the molecule is C[C@H](N)c1cc(F)ccc1OCCCC(C)(C)C#N. The molecule has 0 bridgehead atoms. The minimum atomic E-state index is -0.337. The van der Waals surface area contributed by atoms with E-state index in [1.165, 1.54) is 12.1 Å². The maximum Gasteiger partial charge on any atom is 0.124 e. The molecule has 1 rings (SSSR count). The van der Waals surface area contributed by atoms with E-state index >= 15 is 0 Å². The number of nitriles is 1. The highest BCUT2D eigenvalue weighted by atomic mass is 19.1. The van der Waals surface area contributed by atoms with Crippen LogP contribution in [0.3, 0.4) is 0 Å². The Morgan fingerprint density at radius 2 is 2.16 bits per heavy atom. The molecule has 2 N–H and O–H groups in total. The molecule has 0 aliphatic carbocycles. The number of hydrogen-bond donors (Lipinski definition) is 1. The molecule has 1 atom stereocenters. The van der Waals surface area contributed by atoms with Crippen molar-refractivity contribution >= 4 is 0 Å². The van der Waals surface area contributed by atoms with Crippen LogP contribution in [0.2, 0.25) is 0 Å². The molecule has 0 radical (unpaired) electrons. The van der Waals surface area contributed by atoms with Crippen LogP contribution in [0.5, 0.6) is 5.75 Å². The van der Waals surface area contributed by atoms with Crippen LogP contribution in [-0.4, -0.2) is 6.61 Å². The summed E-state index contributed by atoms with van der Waals surface area (Å²) in [6.45, 7) is 6.09. The predicted molar refractivity (Wildman–Crippen MR) is 73.1 cm³/mol. The van der Waals surface area contributed by atoms with Gasteiger partial charge in [0.25, 0.3) is 0 Å². The molecule has 0 unspecified atom stereocenters. The van der Waals surface area contributed by atoms with Crippen molar-refractivity contribution in [2.75, 3.05) is 6.61 Å². The molecule has 104 valence electrons. The summed E-state index contributed by atoms with van der Waals surface area (Å²) in [6.07, 6.45) is 1.54. The van der Waals surface area contributed by atoms with Crippen molar-refractivity contribution in [3.05, 3.63) is 29.6 Å². The van der Waals surface area contributed by atoms with Gasteiger partial charge >= 0.3 is 0 Å². The van der Waals surface area contributed by atoms with Gasteiger partial charge in [-0.15, -0.1) is 0 Å². The fourth-order valence-electron chi connectivity index (χ4n) is 1.76. The van der Waals surface area contributed by atoms with E-state index in [0.717, 1.165) is 12.8 Å². The minimum Gasteiger partial charge on any atom is -0.493 e. The Labute approximate surface area is 114 Å². The Bertz CT molecular complexity index is 464. The molecule has 0 fully saturated rings. The fraction of sp³-hybridized carbons (Fsp3) is 0.533. The second-order valence-corrected chi connectivity index (χ2v) is 5.42. The second-order valence-electron chi connectivity index (χ2n) is 5.42. The summed E-state index contributed by atoms with van der Waals surface area (Å²) in [6, 6.07) is 6.34. The van der Waals surface area contributed by atoms with E-state index in [-0.39, 0.29) is 17.3 Å². The quantitative estimate of drug-likeness (QED) is 0.799. The van der Waals surface area contributed by atoms with Gasteiger partial charge in [-0.1, -0.05) is 0 Å². The van der Waals surface area contributed by atoms with Gasteiger partial charge in [0.05, 0.1) is 18.1 Å². The summed E-state index contributed by atoms with van der Waals surface area (Å²) in [5.74, 6) is 0.302. The molecular formula is C15H21FN2O. The number of hydrogen-bond acceptors (Lipinski definition) is 3. The van der Waals surface area contributed by atoms with Crippen LogP contribution in [0.25, 0.3) is 0 Å². The van der Waals surface area contributed by atoms with Crippen LogP contribution in [0.4, 0.5) is 4.39 Å². The molecule has 1 aromatic carbocycles. The summed E-state index contributed by atoms with van der Waals surface area (Å²) in [7, 11) is 0. The van der Waals surface area contributed by atoms with Gasteiger partial charge in [-0.25, -0.2) is 4.39 Å². The van der Waals surface area contributed by atoms with Crippen molar-refractivity contribution in [1.29, 1.82) is 5.26 Å². The molecular weight excluding hydrogens is 243 g/mol. The maximum atomic E-state index is 13.2. The van der Waals surface area contributed by atoms with Crippen LogP contribution < -0.4 is 10.5 Å². The average molecular weight is 264 g/mol. The van der Waals surface area contributed by atoms with Gasteiger partial charge in [0, 0.05) is 11.6 Å². The van der Waals surface area contributed by atoms with Crippen molar-refractivity contribution < 1.29 is 9.13 Å². The number of benzene rings is 1. The minimum absolute atomic E-state index is 0.277. The molecule has 0 spiro atoms. The molecule has 1 aromatic rings. The molecule has 0 saturated carbocycles. The highest BCUT2D eigenvalue weighted by Gasteiger charge is 2.16. The first kappa shape index (κ1) is 15.5. The zero-order chi connectivity index (χ0) is 14.5. The Morgan fingerprint density at radius 1 is 1.47 bits per heavy atom. The van der Waals surface area contributed by atoms with Crippen LogP contribution in [0.15, 0.2) is 18.2 Å². The number of halogens is 1. The molecule has 4 heteroatoms. The van der Waals surface area contributed by atoms with Crippen LogP contribution in [0, 0.1) is 22.6 Å². The first-order valence-corrected chi connectivity index (χ1v) is 6.45. The zero-order valence-corrected chi connectivity index (χ0v) is 11.7. The molecule has 0 aliphatic heterocycles. The van der Waals surface area contributed by atoms with E-state index in [4.69, 9.17) is 15.7 Å². The molecule has 0 saturated heterocycles. The van der Waals surface area contributed by atoms with Crippen molar-refractivity contribution in [2.45, 2.75) is 39.7 Å². The summed E-state index contributed by atoms with van der Waals surface area (Å²) < 4.78 is 18.8. The summed E-state index contributed by atoms with van der Waals surface area (Å²) in [5, 5.41) is 8.91. The van der Waals surface area contributed by atoms with Crippen LogP contribution >= 0.6 is 0 Å². The van der Waals surface area contributed by atoms with Gasteiger partial charge in [-0.05, 0) is 51.8 Å². The van der Waals surface area contributed by atoms with Crippen molar-refractivity contribution in [3.8, 4) is 11.8 Å². The van der Waals surface area contributed by atoms with E-state index in [9.17, 15) is 4.39 Å². The fourth-order valence-corrected chi connectivity index (χ4v) is 1.76. The number of ether oxygens (including phenoxy) is 1. The van der Waals surface area contributed by atoms with Gasteiger partial charge in [-0.2, -0.15) is 5.26 Å². The molecule has 0 amide bonds. The predicted octanol–water partition coefficient (Wildman–Crippen LogP) is 3.55. The van der Waals surface area contributed by atoms with E-state index in [1.54, 1.807) is 13.0 Å². The van der Waals surface area contributed by atoms with E-state index in [1.807, 2.05) is 13.8 Å². The standard InChI is InChI=1S/C15H21FN2O/c1-11(18)13-9-12(16)5-6-14(13)19-8-4-7-15(2,3)10-17/h5-6,9,11H,4,7-8,18H2,1-3H3/t11-/m0/s1. The lowest BCUT2D eigenvalue weighted by molar-refractivity contribution is 0.280. The maximum absolute atomic E-state index is 13.2. The van der Waals surface area contributed by atoms with E-state index in [0.29, 0.717) is 17.9 Å². The molecule has 0 aliphatic rings. The second kappa shape index (κ2) is 6.53. The van der Waals surface area contributed by atoms with Gasteiger partial charge in [0.1, 0.15) is 11.6 Å². The lowest BCUT2D eigenvalue weighted by Gasteiger charge is -2.17. The van der Waals surface area contributed by atoms with Crippen molar-refractivity contribution in [2.24, 2.45) is 11.1 Å². The number of rotatable bonds is 6. The highest BCUT2D eigenvalue weighted by molar-refractivity contribution is 5.36. The number of nitrogens with two attached hydrogens (primary N) is 1. The molecule has 0 aromatic heterocycles. The third-order valence-corrected chi connectivity index (χ3v) is 2.97. The molecule has 0 heterocycles. The van der Waals surface area contributed by atoms with E-state index < -0.39 is 0 Å².